The lowest BCUT2D eigenvalue weighted by Gasteiger charge is -2.04. The summed E-state index contributed by atoms with van der Waals surface area (Å²) in [5.41, 5.74) is 1.15. The van der Waals surface area contributed by atoms with E-state index in [-0.39, 0.29) is 5.97 Å². The van der Waals surface area contributed by atoms with Crippen molar-refractivity contribution in [2.45, 2.75) is 12.7 Å². The Labute approximate surface area is 99.8 Å². The van der Waals surface area contributed by atoms with Gasteiger partial charge in [-0.1, -0.05) is 0 Å². The summed E-state index contributed by atoms with van der Waals surface area (Å²) in [6.07, 6.45) is 1.76. The van der Waals surface area contributed by atoms with Gasteiger partial charge in [0.05, 0.1) is 12.4 Å². The van der Waals surface area contributed by atoms with Gasteiger partial charge in [-0.25, -0.2) is 4.98 Å². The number of thioether (sulfide) groups is 1. The van der Waals surface area contributed by atoms with Crippen LogP contribution in [0.3, 0.4) is 0 Å². The van der Waals surface area contributed by atoms with Gasteiger partial charge in [0.15, 0.2) is 0 Å². The topological polar surface area (TPSA) is 51.2 Å². The van der Waals surface area contributed by atoms with Crippen LogP contribution >= 0.6 is 11.8 Å². The van der Waals surface area contributed by atoms with Crippen molar-refractivity contribution in [2.75, 3.05) is 24.7 Å². The van der Waals surface area contributed by atoms with Crippen LogP contribution in [0.5, 0.6) is 0 Å². The van der Waals surface area contributed by atoms with E-state index in [2.05, 4.69) is 10.3 Å². The molecule has 0 fully saturated rings. The Kier molecular flexibility index (Phi) is 5.71. The fraction of sp³-hybridized carbons (Fsp3) is 0.455. The molecule has 0 aliphatic heterocycles. The minimum absolute atomic E-state index is 0.157. The average Bonchev–Trinajstić information content (AvgIpc) is 2.30. The number of pyridine rings is 1. The first-order valence-corrected chi connectivity index (χ1v) is 6.27. The van der Waals surface area contributed by atoms with Gasteiger partial charge in [0.2, 0.25) is 0 Å². The summed E-state index contributed by atoms with van der Waals surface area (Å²) in [5.74, 6) is 1.87. The largest absolute Gasteiger partial charge is 0.465 e. The maximum atomic E-state index is 11.1. The van der Waals surface area contributed by atoms with Crippen LogP contribution in [0, 0.1) is 0 Å². The van der Waals surface area contributed by atoms with Gasteiger partial charge in [-0.15, -0.1) is 11.8 Å². The molecule has 5 heteroatoms. The van der Waals surface area contributed by atoms with Gasteiger partial charge in [0.25, 0.3) is 0 Å². The highest BCUT2D eigenvalue weighted by Crippen LogP contribution is 2.14. The van der Waals surface area contributed by atoms with Crippen molar-refractivity contribution >= 4 is 23.5 Å². The molecule has 1 heterocycles. The molecule has 0 saturated heterocycles. The second-order valence-electron chi connectivity index (χ2n) is 3.10. The molecule has 0 aromatic carbocycles. The molecule has 0 aliphatic rings. The van der Waals surface area contributed by atoms with E-state index in [1.807, 2.05) is 26.1 Å². The molecule has 1 rings (SSSR count). The van der Waals surface area contributed by atoms with Crippen LogP contribution in [0.4, 0.5) is 5.82 Å². The molecule has 0 aliphatic carbocycles. The molecule has 0 unspecified atom stereocenters. The quantitative estimate of drug-likeness (QED) is 0.770. The highest BCUT2D eigenvalue weighted by Gasteiger charge is 2.02. The number of hydrogen-bond acceptors (Lipinski definition) is 5. The van der Waals surface area contributed by atoms with E-state index in [0.717, 1.165) is 17.1 Å². The zero-order valence-electron chi connectivity index (χ0n) is 9.53. The fourth-order valence-corrected chi connectivity index (χ4v) is 1.92. The number of carbonyl (C=O) groups excluding carboxylic acids is 1. The standard InChI is InChI=1S/C11H16N2O2S/c1-3-15-11(14)8-16-7-9-4-5-13-10(6-9)12-2/h4-6H,3,7-8H2,1-2H3,(H,12,13). The number of rotatable bonds is 6. The zero-order chi connectivity index (χ0) is 11.8. The summed E-state index contributed by atoms with van der Waals surface area (Å²) in [6.45, 7) is 2.25. The Morgan fingerprint density at radius 1 is 1.62 bits per heavy atom. The molecule has 1 N–H and O–H groups in total. The number of nitrogens with zero attached hydrogens (tertiary/aromatic N) is 1. The second kappa shape index (κ2) is 7.11. The van der Waals surface area contributed by atoms with E-state index in [1.54, 1.807) is 18.0 Å². The van der Waals surface area contributed by atoms with Crippen molar-refractivity contribution in [2.24, 2.45) is 0 Å². The Hall–Kier alpha value is -1.23. The monoisotopic (exact) mass is 240 g/mol. The number of carbonyl (C=O) groups is 1. The maximum Gasteiger partial charge on any atom is 0.315 e. The molecule has 0 amide bonds. The van der Waals surface area contributed by atoms with Crippen molar-refractivity contribution in [3.05, 3.63) is 23.9 Å². The lowest BCUT2D eigenvalue weighted by Crippen LogP contribution is -2.06. The predicted molar refractivity (Wildman–Crippen MR) is 66.6 cm³/mol. The van der Waals surface area contributed by atoms with Crippen LogP contribution in [0.1, 0.15) is 12.5 Å². The molecule has 0 saturated carbocycles. The van der Waals surface area contributed by atoms with Crippen molar-refractivity contribution < 1.29 is 9.53 Å². The molecule has 0 spiro atoms. The van der Waals surface area contributed by atoms with Crippen LogP contribution < -0.4 is 5.32 Å². The van der Waals surface area contributed by atoms with E-state index in [4.69, 9.17) is 4.74 Å². The molecule has 1 aromatic rings. The third kappa shape index (κ3) is 4.53. The molecule has 0 atom stereocenters. The first-order valence-electron chi connectivity index (χ1n) is 5.12. The third-order valence-electron chi connectivity index (χ3n) is 1.87. The van der Waals surface area contributed by atoms with Crippen LogP contribution in [0.2, 0.25) is 0 Å². The first-order chi connectivity index (χ1) is 7.76. The predicted octanol–water partition coefficient (Wildman–Crippen LogP) is 1.92. The van der Waals surface area contributed by atoms with Crippen LogP contribution in [0.15, 0.2) is 18.3 Å². The number of esters is 1. The van der Waals surface area contributed by atoms with Gasteiger partial charge in [0.1, 0.15) is 5.82 Å². The molecule has 0 bridgehead atoms. The van der Waals surface area contributed by atoms with Crippen molar-refractivity contribution in [3.8, 4) is 0 Å². The Morgan fingerprint density at radius 2 is 2.44 bits per heavy atom. The molecule has 0 radical (unpaired) electrons. The SMILES string of the molecule is CCOC(=O)CSCc1ccnc(NC)c1. The van der Waals surface area contributed by atoms with Crippen molar-refractivity contribution in [1.29, 1.82) is 0 Å². The number of ether oxygens (including phenoxy) is 1. The summed E-state index contributed by atoms with van der Waals surface area (Å²) in [4.78, 5) is 15.2. The van der Waals surface area contributed by atoms with Gasteiger partial charge < -0.3 is 10.1 Å². The van der Waals surface area contributed by atoms with Crippen LogP contribution in [-0.2, 0) is 15.3 Å². The van der Waals surface area contributed by atoms with E-state index < -0.39 is 0 Å². The Morgan fingerprint density at radius 3 is 3.12 bits per heavy atom. The summed E-state index contributed by atoms with van der Waals surface area (Å²) in [6, 6.07) is 3.91. The summed E-state index contributed by atoms with van der Waals surface area (Å²) in [5, 5.41) is 2.97. The minimum Gasteiger partial charge on any atom is -0.465 e. The molecule has 1 aromatic heterocycles. The average molecular weight is 240 g/mol. The number of nitrogens with one attached hydrogen (secondary N) is 1. The highest BCUT2D eigenvalue weighted by molar-refractivity contribution is 7.99. The van der Waals surface area contributed by atoms with Gasteiger partial charge in [0, 0.05) is 19.0 Å². The van der Waals surface area contributed by atoms with Crippen LogP contribution in [-0.4, -0.2) is 30.4 Å². The number of hydrogen-bond donors (Lipinski definition) is 1. The smallest absolute Gasteiger partial charge is 0.315 e. The fourth-order valence-electron chi connectivity index (χ4n) is 1.16. The summed E-state index contributed by atoms with van der Waals surface area (Å²) < 4.78 is 4.84. The third-order valence-corrected chi connectivity index (χ3v) is 2.85. The molecular weight excluding hydrogens is 224 g/mol. The molecule has 4 nitrogen and oxygen atoms in total. The number of anilines is 1. The van der Waals surface area contributed by atoms with E-state index >= 15 is 0 Å². The lowest BCUT2D eigenvalue weighted by molar-refractivity contribution is -0.139. The van der Waals surface area contributed by atoms with Gasteiger partial charge >= 0.3 is 5.97 Å². The van der Waals surface area contributed by atoms with Crippen LogP contribution in [0.25, 0.3) is 0 Å². The minimum atomic E-state index is -0.157. The maximum absolute atomic E-state index is 11.1. The van der Waals surface area contributed by atoms with E-state index in [1.165, 1.54) is 0 Å². The summed E-state index contributed by atoms with van der Waals surface area (Å²) in [7, 11) is 1.83. The summed E-state index contributed by atoms with van der Waals surface area (Å²) >= 11 is 1.54. The second-order valence-corrected chi connectivity index (χ2v) is 4.08. The first kappa shape index (κ1) is 12.8. The normalized spacial score (nSPS) is 9.88. The molecule has 88 valence electrons. The zero-order valence-corrected chi connectivity index (χ0v) is 10.3. The van der Waals surface area contributed by atoms with Crippen molar-refractivity contribution in [3.63, 3.8) is 0 Å². The molecule has 16 heavy (non-hydrogen) atoms. The lowest BCUT2D eigenvalue weighted by atomic mass is 10.3. The van der Waals surface area contributed by atoms with E-state index in [0.29, 0.717) is 12.4 Å². The van der Waals surface area contributed by atoms with Gasteiger partial charge in [-0.3, -0.25) is 4.79 Å². The molecular formula is C11H16N2O2S. The van der Waals surface area contributed by atoms with Gasteiger partial charge in [-0.05, 0) is 24.6 Å². The van der Waals surface area contributed by atoms with E-state index in [9.17, 15) is 4.79 Å². The highest BCUT2D eigenvalue weighted by atomic mass is 32.2. The van der Waals surface area contributed by atoms with Gasteiger partial charge in [-0.2, -0.15) is 0 Å². The number of aromatic nitrogens is 1. The van der Waals surface area contributed by atoms with Crippen molar-refractivity contribution in [1.82, 2.24) is 4.98 Å². The Bertz CT molecular complexity index is 345. The Balaban J connectivity index is 2.34.